The first-order valence-electron chi connectivity index (χ1n) is 10.4. The van der Waals surface area contributed by atoms with E-state index in [-0.39, 0.29) is 36.1 Å². The van der Waals surface area contributed by atoms with Gasteiger partial charge < -0.3 is 25.2 Å². The number of rotatable bonds is 3. The van der Waals surface area contributed by atoms with Crippen molar-refractivity contribution >= 4 is 17.5 Å². The zero-order valence-corrected chi connectivity index (χ0v) is 17.7. The number of anilines is 1. The van der Waals surface area contributed by atoms with Gasteiger partial charge >= 0.3 is 0 Å². The van der Waals surface area contributed by atoms with Crippen LogP contribution in [0.3, 0.4) is 0 Å². The third kappa shape index (κ3) is 2.45. The predicted molar refractivity (Wildman–Crippen MR) is 113 cm³/mol. The van der Waals surface area contributed by atoms with Crippen LogP contribution in [0.2, 0.25) is 0 Å². The van der Waals surface area contributed by atoms with E-state index in [2.05, 4.69) is 16.7 Å². The van der Waals surface area contributed by atoms with Gasteiger partial charge in [0.1, 0.15) is 12.6 Å². The number of likely N-dealkylation sites (N-methyl/N-ethyl adjacent to an activating group) is 2. The Hall–Kier alpha value is -3.61. The highest BCUT2D eigenvalue weighted by Gasteiger charge is 2.69. The van der Waals surface area contributed by atoms with Gasteiger partial charge in [0.25, 0.3) is 11.8 Å². The highest BCUT2D eigenvalue weighted by molar-refractivity contribution is 6.08. The number of carbonyl (C=O) groups excluding carboxylic acids is 2. The summed E-state index contributed by atoms with van der Waals surface area (Å²) in [5.74, 6) is 0.305. The van der Waals surface area contributed by atoms with Gasteiger partial charge in [-0.05, 0) is 30.3 Å². The van der Waals surface area contributed by atoms with Crippen LogP contribution in [0.15, 0.2) is 36.4 Å². The number of benzene rings is 2. The summed E-state index contributed by atoms with van der Waals surface area (Å²) in [6.07, 6.45) is -0.589. The number of aliphatic hydroxyl groups is 1. The van der Waals surface area contributed by atoms with Gasteiger partial charge in [-0.25, -0.2) is 0 Å². The number of amides is 2. The molecular formula is C23H23N4O5+. The number of hydrogen-bond acceptors (Lipinski definition) is 6. The molecule has 3 aliphatic rings. The number of nitrogens with zero attached hydrogens (tertiary/aromatic N) is 2. The minimum atomic E-state index is -1.45. The fraction of sp³-hybridized carbons (Fsp3) is 0.348. The highest BCUT2D eigenvalue weighted by atomic mass is 16.7. The molecule has 2 amide bonds. The SMILES string of the molecule is CNC(=O)[C@@H]1C[C@@H](O)C[N+]1(C)C1(c2cccc3c2OCO3)C(=O)Nc2ccc(C#N)cc21. The lowest BCUT2D eigenvalue weighted by molar-refractivity contribution is -0.953. The summed E-state index contributed by atoms with van der Waals surface area (Å²) in [4.78, 5) is 27.0. The van der Waals surface area contributed by atoms with E-state index in [9.17, 15) is 20.0 Å². The van der Waals surface area contributed by atoms with Crippen LogP contribution in [0.4, 0.5) is 5.69 Å². The molecule has 0 aliphatic carbocycles. The van der Waals surface area contributed by atoms with Gasteiger partial charge in [0.2, 0.25) is 12.3 Å². The molecule has 1 saturated heterocycles. The van der Waals surface area contributed by atoms with Gasteiger partial charge in [0, 0.05) is 13.5 Å². The number of nitriles is 1. The summed E-state index contributed by atoms with van der Waals surface area (Å²) in [6.45, 7) is 0.173. The first-order chi connectivity index (χ1) is 15.4. The molecule has 164 valence electrons. The van der Waals surface area contributed by atoms with Crippen molar-refractivity contribution in [1.29, 1.82) is 5.26 Å². The lowest BCUT2D eigenvalue weighted by Crippen LogP contribution is -2.68. The normalized spacial score (nSPS) is 29.9. The van der Waals surface area contributed by atoms with Gasteiger partial charge in [-0.1, -0.05) is 6.07 Å². The zero-order valence-electron chi connectivity index (χ0n) is 17.7. The Kier molecular flexibility index (Phi) is 4.41. The van der Waals surface area contributed by atoms with E-state index in [1.54, 1.807) is 43.4 Å². The quantitative estimate of drug-likeness (QED) is 0.614. The molecule has 0 bridgehead atoms. The number of aliphatic hydroxyl groups excluding tert-OH is 1. The molecule has 2 aromatic carbocycles. The van der Waals surface area contributed by atoms with Crippen molar-refractivity contribution in [1.82, 2.24) is 5.32 Å². The predicted octanol–water partition coefficient (Wildman–Crippen LogP) is 0.808. The standard InChI is InChI=1S/C23H22N4O5/c1-25-21(29)18-9-14(28)11-27(18,2)23(15-4-3-5-19-20(15)32-12-31-19)16-8-13(10-24)6-7-17(16)26-22(23)30/h3-8,14,18,28H,9,11-12H2,1-2H3,(H-,25,26,29,30)/p+1/t14-,18+,23?,27?/m1/s1. The number of nitrogens with one attached hydrogen (secondary N) is 2. The molecular weight excluding hydrogens is 412 g/mol. The molecule has 5 rings (SSSR count). The minimum absolute atomic E-state index is 0.0142. The van der Waals surface area contributed by atoms with Crippen LogP contribution in [-0.2, 0) is 15.1 Å². The van der Waals surface area contributed by atoms with Crippen molar-refractivity contribution in [3.8, 4) is 17.6 Å². The molecule has 2 aromatic rings. The Morgan fingerprint density at radius 3 is 2.88 bits per heavy atom. The van der Waals surface area contributed by atoms with Crippen LogP contribution in [0.5, 0.6) is 11.5 Å². The van der Waals surface area contributed by atoms with Crippen LogP contribution >= 0.6 is 0 Å². The number of quaternary nitrogens is 1. The molecule has 3 heterocycles. The lowest BCUT2D eigenvalue weighted by atomic mass is 9.78. The highest BCUT2D eigenvalue weighted by Crippen LogP contribution is 2.56. The van der Waals surface area contributed by atoms with Crippen LogP contribution in [0.25, 0.3) is 0 Å². The summed E-state index contributed by atoms with van der Waals surface area (Å²) in [5.41, 5.74) is 0.593. The summed E-state index contributed by atoms with van der Waals surface area (Å²) >= 11 is 0. The number of fused-ring (bicyclic) bond motifs is 2. The second-order valence-corrected chi connectivity index (χ2v) is 8.55. The van der Waals surface area contributed by atoms with Crippen molar-refractivity contribution in [2.75, 3.05) is 32.7 Å². The molecule has 0 saturated carbocycles. The monoisotopic (exact) mass is 435 g/mol. The molecule has 9 nitrogen and oxygen atoms in total. The van der Waals surface area contributed by atoms with Crippen molar-refractivity contribution in [3.05, 3.63) is 53.1 Å². The third-order valence-electron chi connectivity index (χ3n) is 6.99. The van der Waals surface area contributed by atoms with E-state index in [0.29, 0.717) is 33.9 Å². The topological polar surface area (TPSA) is 121 Å². The van der Waals surface area contributed by atoms with Gasteiger partial charge in [-0.2, -0.15) is 5.26 Å². The molecule has 3 N–H and O–H groups in total. The number of hydrogen-bond donors (Lipinski definition) is 3. The molecule has 0 spiro atoms. The molecule has 9 heteroatoms. The summed E-state index contributed by atoms with van der Waals surface area (Å²) in [5, 5.41) is 25.9. The van der Waals surface area contributed by atoms with Gasteiger partial charge in [0.05, 0.1) is 35.5 Å². The van der Waals surface area contributed by atoms with E-state index in [1.165, 1.54) is 7.05 Å². The maximum atomic E-state index is 14.0. The molecule has 0 aromatic heterocycles. The maximum absolute atomic E-state index is 14.0. The second-order valence-electron chi connectivity index (χ2n) is 8.55. The average Bonchev–Trinajstić information content (AvgIpc) is 3.46. The summed E-state index contributed by atoms with van der Waals surface area (Å²) in [7, 11) is 3.34. The molecule has 3 aliphatic heterocycles. The molecule has 2 unspecified atom stereocenters. The van der Waals surface area contributed by atoms with Gasteiger partial charge in [0.15, 0.2) is 17.5 Å². The van der Waals surface area contributed by atoms with Crippen molar-refractivity contribution in [3.63, 3.8) is 0 Å². The summed E-state index contributed by atoms with van der Waals surface area (Å²) in [6, 6.07) is 11.8. The Morgan fingerprint density at radius 1 is 1.31 bits per heavy atom. The Balaban J connectivity index is 1.88. The van der Waals surface area contributed by atoms with Crippen LogP contribution in [0.1, 0.15) is 23.1 Å². The fourth-order valence-corrected chi connectivity index (χ4v) is 5.66. The largest absolute Gasteiger partial charge is 0.454 e. The van der Waals surface area contributed by atoms with E-state index in [1.807, 2.05) is 0 Å². The van der Waals surface area contributed by atoms with Gasteiger partial charge in [-0.3, -0.25) is 14.1 Å². The van der Waals surface area contributed by atoms with Crippen molar-refractivity contribution in [2.24, 2.45) is 0 Å². The lowest BCUT2D eigenvalue weighted by Gasteiger charge is -2.48. The first kappa shape index (κ1) is 20.3. The first-order valence-corrected chi connectivity index (χ1v) is 10.4. The average molecular weight is 435 g/mol. The Bertz CT molecular complexity index is 1190. The fourth-order valence-electron chi connectivity index (χ4n) is 5.66. The molecule has 32 heavy (non-hydrogen) atoms. The van der Waals surface area contributed by atoms with E-state index < -0.39 is 17.7 Å². The van der Waals surface area contributed by atoms with Crippen LogP contribution < -0.4 is 20.1 Å². The minimum Gasteiger partial charge on any atom is -0.454 e. The number of ether oxygens (including phenoxy) is 2. The number of likely N-dealkylation sites (tertiary alicyclic amines) is 1. The summed E-state index contributed by atoms with van der Waals surface area (Å²) < 4.78 is 11.3. The smallest absolute Gasteiger partial charge is 0.295 e. The second kappa shape index (κ2) is 6.95. The van der Waals surface area contributed by atoms with E-state index in [0.717, 1.165) is 0 Å². The Labute approximate surface area is 184 Å². The molecule has 4 atom stereocenters. The maximum Gasteiger partial charge on any atom is 0.295 e. The van der Waals surface area contributed by atoms with Crippen molar-refractivity contribution < 1.29 is 28.7 Å². The number of para-hydroxylation sites is 1. The van der Waals surface area contributed by atoms with Gasteiger partial charge in [-0.15, -0.1) is 0 Å². The van der Waals surface area contributed by atoms with Crippen molar-refractivity contribution in [2.45, 2.75) is 24.1 Å². The van der Waals surface area contributed by atoms with Crippen LogP contribution in [-0.4, -0.2) is 61.0 Å². The van der Waals surface area contributed by atoms with E-state index >= 15 is 0 Å². The molecule has 1 fully saturated rings. The van der Waals surface area contributed by atoms with Crippen LogP contribution in [0, 0.1) is 11.3 Å². The molecule has 0 radical (unpaired) electrons. The Morgan fingerprint density at radius 2 is 2.12 bits per heavy atom. The third-order valence-corrected chi connectivity index (χ3v) is 6.99. The zero-order chi connectivity index (χ0) is 22.7. The number of carbonyl (C=O) groups is 2. The van der Waals surface area contributed by atoms with E-state index in [4.69, 9.17) is 9.47 Å².